The summed E-state index contributed by atoms with van der Waals surface area (Å²) in [6.45, 7) is -0.167. The van der Waals surface area contributed by atoms with Gasteiger partial charge in [0.05, 0.1) is 28.5 Å². The lowest BCUT2D eigenvalue weighted by Crippen LogP contribution is -2.48. The molecular formula is C35H30ClF6N5O4. The van der Waals surface area contributed by atoms with Gasteiger partial charge in [-0.1, -0.05) is 12.1 Å². The van der Waals surface area contributed by atoms with Gasteiger partial charge in [0.25, 0.3) is 11.8 Å². The van der Waals surface area contributed by atoms with Crippen LogP contribution < -0.4 is 14.8 Å². The SMILES string of the molecule is Cl.Cn1c(C(=O)N2CCN(Cc3cccc(OC(F)F)c3)CC2)cc2ccc(Oc3ccc(NC(=O)c4ccc(C(F)(F)F)cc4F)cn3)cc21. The second-order valence-corrected chi connectivity index (χ2v) is 11.5. The molecule has 1 fully saturated rings. The summed E-state index contributed by atoms with van der Waals surface area (Å²) in [5.74, 6) is -1.70. The van der Waals surface area contributed by atoms with Crippen molar-refractivity contribution in [3.8, 4) is 17.4 Å². The van der Waals surface area contributed by atoms with Crippen LogP contribution in [0.1, 0.15) is 32.0 Å². The quantitative estimate of drug-likeness (QED) is 0.156. The van der Waals surface area contributed by atoms with Gasteiger partial charge >= 0.3 is 12.8 Å². The minimum absolute atomic E-state index is 0. The Kier molecular flexibility index (Phi) is 11.1. The Morgan fingerprint density at radius 3 is 2.35 bits per heavy atom. The van der Waals surface area contributed by atoms with Crippen LogP contribution in [-0.2, 0) is 19.8 Å². The fourth-order valence-electron chi connectivity index (χ4n) is 5.64. The Morgan fingerprint density at radius 2 is 1.69 bits per heavy atom. The van der Waals surface area contributed by atoms with E-state index in [4.69, 9.17) is 4.74 Å². The lowest BCUT2D eigenvalue weighted by Gasteiger charge is -2.34. The molecule has 1 saturated heterocycles. The molecule has 51 heavy (non-hydrogen) atoms. The van der Waals surface area contributed by atoms with Crippen LogP contribution in [0, 0.1) is 5.82 Å². The number of rotatable bonds is 9. The molecule has 0 bridgehead atoms. The molecule has 3 aromatic carbocycles. The number of hydrogen-bond donors (Lipinski definition) is 1. The molecule has 268 valence electrons. The molecule has 2 aromatic heterocycles. The summed E-state index contributed by atoms with van der Waals surface area (Å²) in [7, 11) is 1.78. The van der Waals surface area contributed by atoms with Gasteiger partial charge in [-0.05, 0) is 60.2 Å². The molecular weight excluding hydrogens is 704 g/mol. The number of amides is 2. The Bertz CT molecular complexity index is 2030. The van der Waals surface area contributed by atoms with Gasteiger partial charge in [0.15, 0.2) is 0 Å². The largest absolute Gasteiger partial charge is 0.439 e. The number of piperazine rings is 1. The third-order valence-corrected chi connectivity index (χ3v) is 8.18. The number of hydrogen-bond acceptors (Lipinski definition) is 6. The lowest BCUT2D eigenvalue weighted by atomic mass is 10.1. The van der Waals surface area contributed by atoms with Crippen LogP contribution in [0.5, 0.6) is 17.4 Å². The number of ether oxygens (including phenoxy) is 2. The van der Waals surface area contributed by atoms with Gasteiger partial charge in [0, 0.05) is 57.3 Å². The van der Waals surface area contributed by atoms with Gasteiger partial charge in [-0.25, -0.2) is 9.37 Å². The number of benzene rings is 3. The number of aryl methyl sites for hydroxylation is 1. The van der Waals surface area contributed by atoms with Crippen molar-refractivity contribution in [2.24, 2.45) is 7.05 Å². The second kappa shape index (κ2) is 15.3. The van der Waals surface area contributed by atoms with Crippen molar-refractivity contribution in [1.29, 1.82) is 0 Å². The first-order valence-electron chi connectivity index (χ1n) is 15.3. The van der Waals surface area contributed by atoms with Gasteiger partial charge in [-0.3, -0.25) is 14.5 Å². The van der Waals surface area contributed by atoms with Gasteiger partial charge in [0.1, 0.15) is 23.0 Å². The van der Waals surface area contributed by atoms with E-state index in [1.807, 2.05) is 6.07 Å². The summed E-state index contributed by atoms with van der Waals surface area (Å²) in [5, 5.41) is 3.21. The molecule has 1 aliphatic heterocycles. The third-order valence-electron chi connectivity index (χ3n) is 8.18. The van der Waals surface area contributed by atoms with E-state index in [-0.39, 0.29) is 41.7 Å². The molecule has 0 radical (unpaired) electrons. The highest BCUT2D eigenvalue weighted by molar-refractivity contribution is 6.04. The fraction of sp³-hybridized carbons (Fsp3) is 0.229. The van der Waals surface area contributed by atoms with E-state index in [9.17, 15) is 35.9 Å². The standard InChI is InChI=1S/C35H29F6N5O4.ClH/c1-44-29-18-26(49-31-10-7-24(19-42-31)43-32(47)27-9-6-23(17-28(27)36)35(39,40)41)8-5-22(29)16-30(44)33(48)46-13-11-45(12-14-46)20-21-3-2-4-25(15-21)50-34(37)38;/h2-10,15-19,34H,11-14,20H2,1H3,(H,43,47);1H. The molecule has 16 heteroatoms. The summed E-state index contributed by atoms with van der Waals surface area (Å²) in [5.41, 5.74) is 0.462. The summed E-state index contributed by atoms with van der Waals surface area (Å²) in [4.78, 5) is 34.0. The molecule has 2 amide bonds. The van der Waals surface area contributed by atoms with Gasteiger partial charge in [-0.2, -0.15) is 22.0 Å². The van der Waals surface area contributed by atoms with Gasteiger partial charge < -0.3 is 24.3 Å². The predicted octanol–water partition coefficient (Wildman–Crippen LogP) is 7.76. The van der Waals surface area contributed by atoms with Crippen molar-refractivity contribution >= 4 is 40.8 Å². The molecule has 0 aliphatic carbocycles. The topological polar surface area (TPSA) is 88.9 Å². The number of nitrogens with one attached hydrogen (secondary N) is 1. The summed E-state index contributed by atoms with van der Waals surface area (Å²) in [6.07, 6.45) is -3.49. The van der Waals surface area contributed by atoms with Crippen LogP contribution in [0.2, 0.25) is 0 Å². The Hall–Kier alpha value is -5.28. The Morgan fingerprint density at radius 1 is 0.922 bits per heavy atom. The number of carbonyl (C=O) groups excluding carboxylic acids is 2. The van der Waals surface area contributed by atoms with E-state index < -0.39 is 35.6 Å². The number of carbonyl (C=O) groups is 2. The summed E-state index contributed by atoms with van der Waals surface area (Å²) < 4.78 is 89.9. The maximum Gasteiger partial charge on any atom is 0.416 e. The molecule has 0 spiro atoms. The van der Waals surface area contributed by atoms with Crippen LogP contribution in [-0.4, -0.2) is 64.0 Å². The average Bonchev–Trinajstić information content (AvgIpc) is 3.40. The number of alkyl halides is 5. The minimum atomic E-state index is -4.74. The first-order chi connectivity index (χ1) is 23.8. The number of aromatic nitrogens is 2. The maximum atomic E-state index is 14.2. The predicted molar refractivity (Wildman–Crippen MR) is 178 cm³/mol. The van der Waals surface area contributed by atoms with E-state index in [1.54, 1.807) is 52.9 Å². The molecule has 0 atom stereocenters. The zero-order valence-corrected chi connectivity index (χ0v) is 27.6. The fourth-order valence-corrected chi connectivity index (χ4v) is 5.64. The molecule has 5 aromatic rings. The number of fused-ring (bicyclic) bond motifs is 1. The molecule has 1 aliphatic rings. The third kappa shape index (κ3) is 8.72. The zero-order valence-electron chi connectivity index (χ0n) is 26.8. The van der Waals surface area contributed by atoms with E-state index >= 15 is 0 Å². The second-order valence-electron chi connectivity index (χ2n) is 11.5. The molecule has 3 heterocycles. The molecule has 0 saturated carbocycles. The first kappa shape index (κ1) is 37.0. The number of anilines is 1. The van der Waals surface area contributed by atoms with Crippen LogP contribution in [0.25, 0.3) is 10.9 Å². The smallest absolute Gasteiger partial charge is 0.416 e. The normalized spacial score (nSPS) is 13.6. The highest BCUT2D eigenvalue weighted by Gasteiger charge is 2.32. The highest BCUT2D eigenvalue weighted by Crippen LogP contribution is 2.31. The van der Waals surface area contributed by atoms with Crippen molar-refractivity contribution < 1.29 is 45.4 Å². The monoisotopic (exact) mass is 733 g/mol. The van der Waals surface area contributed by atoms with Gasteiger partial charge in [0.2, 0.25) is 5.88 Å². The Labute approximate surface area is 293 Å². The average molecular weight is 734 g/mol. The molecule has 1 N–H and O–H groups in total. The Balaban J connectivity index is 0.00000504. The zero-order chi connectivity index (χ0) is 35.6. The van der Waals surface area contributed by atoms with Crippen molar-refractivity contribution in [2.75, 3.05) is 31.5 Å². The molecule has 6 rings (SSSR count). The molecule has 0 unspecified atom stereocenters. The van der Waals surface area contributed by atoms with Crippen LogP contribution in [0.4, 0.5) is 32.0 Å². The maximum absolute atomic E-state index is 14.2. The van der Waals surface area contributed by atoms with Crippen LogP contribution in [0.15, 0.2) is 85.1 Å². The number of pyridine rings is 1. The van der Waals surface area contributed by atoms with E-state index in [0.29, 0.717) is 50.2 Å². The number of halogens is 7. The van der Waals surface area contributed by atoms with Crippen LogP contribution >= 0.6 is 12.4 Å². The highest BCUT2D eigenvalue weighted by atomic mass is 35.5. The summed E-state index contributed by atoms with van der Waals surface area (Å²) >= 11 is 0. The number of nitrogens with zero attached hydrogens (tertiary/aromatic N) is 4. The summed E-state index contributed by atoms with van der Waals surface area (Å²) in [6, 6.07) is 18.2. The molecule has 9 nitrogen and oxygen atoms in total. The lowest BCUT2D eigenvalue weighted by molar-refractivity contribution is -0.137. The van der Waals surface area contributed by atoms with Crippen molar-refractivity contribution in [1.82, 2.24) is 19.4 Å². The van der Waals surface area contributed by atoms with E-state index in [2.05, 4.69) is 19.9 Å². The first-order valence-corrected chi connectivity index (χ1v) is 15.3. The van der Waals surface area contributed by atoms with Gasteiger partial charge in [-0.15, -0.1) is 12.4 Å². The van der Waals surface area contributed by atoms with Crippen molar-refractivity contribution in [2.45, 2.75) is 19.3 Å². The van der Waals surface area contributed by atoms with Crippen LogP contribution in [0.3, 0.4) is 0 Å². The van der Waals surface area contributed by atoms with Crippen molar-refractivity contribution in [3.63, 3.8) is 0 Å². The van der Waals surface area contributed by atoms with E-state index in [0.717, 1.165) is 22.5 Å². The van der Waals surface area contributed by atoms with E-state index in [1.165, 1.54) is 24.4 Å². The minimum Gasteiger partial charge on any atom is -0.439 e. The van der Waals surface area contributed by atoms with Crippen molar-refractivity contribution in [3.05, 3.63) is 113 Å².